The van der Waals surface area contributed by atoms with Crippen molar-refractivity contribution >= 4 is 28.9 Å². The lowest BCUT2D eigenvalue weighted by atomic mass is 10.1. The van der Waals surface area contributed by atoms with E-state index in [-0.39, 0.29) is 36.1 Å². The molecule has 4 aromatic rings. The normalized spacial score (nSPS) is 10.7. The number of aromatic nitrogens is 2. The minimum absolute atomic E-state index is 0.179. The van der Waals surface area contributed by atoms with Crippen molar-refractivity contribution in [2.24, 2.45) is 0 Å². The van der Waals surface area contributed by atoms with Crippen LogP contribution in [-0.2, 0) is 11.3 Å². The van der Waals surface area contributed by atoms with Crippen molar-refractivity contribution in [3.8, 4) is 0 Å². The van der Waals surface area contributed by atoms with Crippen molar-refractivity contribution in [1.82, 2.24) is 14.7 Å². The number of carbonyl (C=O) groups excluding carboxylic acids is 3. The van der Waals surface area contributed by atoms with E-state index in [0.717, 1.165) is 5.69 Å². The number of amides is 1. The molecule has 166 valence electrons. The van der Waals surface area contributed by atoms with E-state index in [1.807, 2.05) is 12.1 Å². The molecule has 0 unspecified atom stereocenters. The van der Waals surface area contributed by atoms with Crippen molar-refractivity contribution in [2.45, 2.75) is 13.5 Å². The summed E-state index contributed by atoms with van der Waals surface area (Å²) in [7, 11) is 0. The largest absolute Gasteiger partial charge is 0.462 e. The molecular formula is C25H22N4O4. The third-order valence-electron chi connectivity index (χ3n) is 5.07. The van der Waals surface area contributed by atoms with Gasteiger partial charge in [0.15, 0.2) is 0 Å². The second-order valence-corrected chi connectivity index (χ2v) is 7.29. The molecule has 4 rings (SSSR count). The number of nitrogen functional groups attached to an aromatic ring is 1. The fourth-order valence-corrected chi connectivity index (χ4v) is 3.49. The van der Waals surface area contributed by atoms with E-state index in [9.17, 15) is 14.4 Å². The van der Waals surface area contributed by atoms with E-state index in [1.54, 1.807) is 66.2 Å². The van der Waals surface area contributed by atoms with Gasteiger partial charge in [-0.2, -0.15) is 0 Å². The first-order valence-corrected chi connectivity index (χ1v) is 10.4. The SMILES string of the molecule is CCOC(=O)c1cc(C(=O)c2cccc(N)c2)n2ccc(C(=O)NCc3ccccn3)cc12. The number of nitrogens with one attached hydrogen (secondary N) is 1. The molecule has 0 fully saturated rings. The van der Waals surface area contributed by atoms with Crippen molar-refractivity contribution in [1.29, 1.82) is 0 Å². The summed E-state index contributed by atoms with van der Waals surface area (Å²) in [5.74, 6) is -1.21. The van der Waals surface area contributed by atoms with Gasteiger partial charge >= 0.3 is 5.97 Å². The molecule has 3 N–H and O–H groups in total. The molecule has 0 aliphatic rings. The van der Waals surface area contributed by atoms with Crippen LogP contribution >= 0.6 is 0 Å². The lowest BCUT2D eigenvalue weighted by molar-refractivity contribution is 0.0528. The molecule has 3 heterocycles. The molecule has 0 atom stereocenters. The summed E-state index contributed by atoms with van der Waals surface area (Å²) in [5.41, 5.74) is 8.58. The molecule has 0 saturated heterocycles. The van der Waals surface area contributed by atoms with E-state index >= 15 is 0 Å². The summed E-state index contributed by atoms with van der Waals surface area (Å²) in [6, 6.07) is 16.7. The Morgan fingerprint density at radius 2 is 1.88 bits per heavy atom. The Bertz CT molecular complexity index is 1350. The molecule has 0 saturated carbocycles. The molecule has 0 aliphatic carbocycles. The minimum Gasteiger partial charge on any atom is -0.462 e. The molecule has 0 bridgehead atoms. The maximum Gasteiger partial charge on any atom is 0.340 e. The van der Waals surface area contributed by atoms with Gasteiger partial charge in [-0.25, -0.2) is 4.79 Å². The number of ether oxygens (including phenoxy) is 1. The van der Waals surface area contributed by atoms with Gasteiger partial charge in [-0.15, -0.1) is 0 Å². The van der Waals surface area contributed by atoms with Gasteiger partial charge in [0.2, 0.25) is 5.78 Å². The van der Waals surface area contributed by atoms with Crippen LogP contribution in [0.5, 0.6) is 0 Å². The van der Waals surface area contributed by atoms with Crippen LogP contribution in [0.2, 0.25) is 0 Å². The van der Waals surface area contributed by atoms with Gasteiger partial charge < -0.3 is 20.2 Å². The average molecular weight is 442 g/mol. The van der Waals surface area contributed by atoms with Gasteiger partial charge in [0, 0.05) is 29.2 Å². The first kappa shape index (κ1) is 21.8. The lowest BCUT2D eigenvalue weighted by Crippen LogP contribution is -2.23. The van der Waals surface area contributed by atoms with Gasteiger partial charge in [0.25, 0.3) is 5.91 Å². The van der Waals surface area contributed by atoms with E-state index in [4.69, 9.17) is 10.5 Å². The number of nitrogens with two attached hydrogens (primary N) is 1. The number of nitrogens with zero attached hydrogens (tertiary/aromatic N) is 2. The first-order chi connectivity index (χ1) is 16.0. The van der Waals surface area contributed by atoms with Crippen molar-refractivity contribution in [2.75, 3.05) is 12.3 Å². The third-order valence-corrected chi connectivity index (χ3v) is 5.07. The van der Waals surface area contributed by atoms with Crippen LogP contribution in [0.3, 0.4) is 0 Å². The van der Waals surface area contributed by atoms with Gasteiger partial charge in [-0.1, -0.05) is 18.2 Å². The Hall–Kier alpha value is -4.46. The molecule has 0 spiro atoms. The number of carbonyl (C=O) groups is 3. The number of benzene rings is 1. The van der Waals surface area contributed by atoms with Crippen LogP contribution in [0.4, 0.5) is 5.69 Å². The number of pyridine rings is 2. The second-order valence-electron chi connectivity index (χ2n) is 7.29. The highest BCUT2D eigenvalue weighted by atomic mass is 16.5. The van der Waals surface area contributed by atoms with Crippen molar-refractivity contribution in [3.63, 3.8) is 0 Å². The predicted octanol–water partition coefficient (Wildman–Crippen LogP) is 3.25. The topological polar surface area (TPSA) is 116 Å². The standard InChI is InChI=1S/C25H22N4O4/c1-2-33-25(32)20-14-22(23(30)16-6-5-7-18(26)12-16)29-11-9-17(13-21(20)29)24(31)28-15-19-8-3-4-10-27-19/h3-14H,2,15,26H2,1H3,(H,28,31). The highest BCUT2D eigenvalue weighted by Crippen LogP contribution is 2.23. The van der Waals surface area contributed by atoms with Crippen molar-refractivity contribution < 1.29 is 19.1 Å². The Morgan fingerprint density at radius 1 is 1.03 bits per heavy atom. The molecule has 33 heavy (non-hydrogen) atoms. The summed E-state index contributed by atoms with van der Waals surface area (Å²) >= 11 is 0. The summed E-state index contributed by atoms with van der Waals surface area (Å²) in [4.78, 5) is 42.7. The minimum atomic E-state index is -0.576. The quantitative estimate of drug-likeness (QED) is 0.258. The van der Waals surface area contributed by atoms with Crippen LogP contribution in [0.15, 0.2) is 73.1 Å². The first-order valence-electron chi connectivity index (χ1n) is 10.4. The molecule has 1 amide bonds. The van der Waals surface area contributed by atoms with Crippen LogP contribution in [0.25, 0.3) is 5.52 Å². The van der Waals surface area contributed by atoms with E-state index in [1.165, 1.54) is 6.07 Å². The number of anilines is 1. The molecule has 3 aromatic heterocycles. The highest BCUT2D eigenvalue weighted by Gasteiger charge is 2.22. The van der Waals surface area contributed by atoms with Gasteiger partial charge in [0.1, 0.15) is 0 Å². The zero-order valence-corrected chi connectivity index (χ0v) is 17.9. The molecule has 1 aromatic carbocycles. The number of ketones is 1. The molecule has 8 heteroatoms. The fourth-order valence-electron chi connectivity index (χ4n) is 3.49. The zero-order chi connectivity index (χ0) is 23.4. The van der Waals surface area contributed by atoms with Crippen LogP contribution in [0, 0.1) is 0 Å². The second kappa shape index (κ2) is 9.35. The van der Waals surface area contributed by atoms with Crippen LogP contribution < -0.4 is 11.1 Å². The maximum absolute atomic E-state index is 13.2. The summed E-state index contributed by atoms with van der Waals surface area (Å²) in [6.45, 7) is 2.14. The lowest BCUT2D eigenvalue weighted by Gasteiger charge is -2.08. The Labute approximate surface area is 190 Å². The molecular weight excluding hydrogens is 420 g/mol. The van der Waals surface area contributed by atoms with Gasteiger partial charge in [-0.3, -0.25) is 14.6 Å². The summed E-state index contributed by atoms with van der Waals surface area (Å²) in [5, 5.41) is 2.81. The van der Waals surface area contributed by atoms with E-state index < -0.39 is 5.97 Å². The molecule has 0 radical (unpaired) electrons. The molecule has 0 aliphatic heterocycles. The van der Waals surface area contributed by atoms with Crippen molar-refractivity contribution in [3.05, 3.63) is 101 Å². The Morgan fingerprint density at radius 3 is 2.61 bits per heavy atom. The average Bonchev–Trinajstić information content (AvgIpc) is 3.22. The number of rotatable bonds is 7. The maximum atomic E-state index is 13.2. The summed E-state index contributed by atoms with van der Waals surface area (Å²) < 4.78 is 6.74. The Balaban J connectivity index is 1.71. The van der Waals surface area contributed by atoms with Crippen LogP contribution in [-0.4, -0.2) is 33.7 Å². The number of hydrogen-bond donors (Lipinski definition) is 2. The summed E-state index contributed by atoms with van der Waals surface area (Å²) in [6.07, 6.45) is 3.24. The predicted molar refractivity (Wildman–Crippen MR) is 123 cm³/mol. The van der Waals surface area contributed by atoms with E-state index in [0.29, 0.717) is 22.3 Å². The zero-order valence-electron chi connectivity index (χ0n) is 17.9. The number of fused-ring (bicyclic) bond motifs is 1. The molecule has 8 nitrogen and oxygen atoms in total. The third kappa shape index (κ3) is 4.59. The number of esters is 1. The monoisotopic (exact) mass is 442 g/mol. The van der Waals surface area contributed by atoms with Gasteiger partial charge in [-0.05, 0) is 49.4 Å². The number of hydrogen-bond acceptors (Lipinski definition) is 6. The highest BCUT2D eigenvalue weighted by molar-refractivity contribution is 6.12. The Kier molecular flexibility index (Phi) is 6.17. The van der Waals surface area contributed by atoms with Gasteiger partial charge in [0.05, 0.1) is 35.6 Å². The smallest absolute Gasteiger partial charge is 0.340 e. The fraction of sp³-hybridized carbons (Fsp3) is 0.120. The van der Waals surface area contributed by atoms with Crippen LogP contribution in [0.1, 0.15) is 49.4 Å². The van der Waals surface area contributed by atoms with E-state index in [2.05, 4.69) is 10.3 Å².